The summed E-state index contributed by atoms with van der Waals surface area (Å²) in [6, 6.07) is 20.6. The first-order valence-corrected chi connectivity index (χ1v) is 15.8. The Kier molecular flexibility index (Phi) is 7.63. The van der Waals surface area contributed by atoms with Gasteiger partial charge in [0.25, 0.3) is 8.32 Å². The zero-order valence-corrected chi connectivity index (χ0v) is 24.6. The standard InChI is InChI=1S/C30H38ClNO5Si/c1-29(2,3)38(23-12-8-6-9-13-23,24-14-10-7-11-15-24)34-20-25-26(27-28(35-25)37-30(4,5)36-27)32(33)22-18-16-21(31)17-19-22/h6-16,18,21-22,25,27-28H,17,19-20H2,1-5H3/b32-26+/t21-,22-,25+,27+,28+/m0/s1. The Morgan fingerprint density at radius 2 is 1.58 bits per heavy atom. The lowest BCUT2D eigenvalue weighted by Gasteiger charge is -2.43. The van der Waals surface area contributed by atoms with Crippen LogP contribution in [0.15, 0.2) is 72.8 Å². The van der Waals surface area contributed by atoms with Crippen LogP contribution in [0.2, 0.25) is 5.04 Å². The number of halogens is 1. The molecule has 0 aromatic heterocycles. The van der Waals surface area contributed by atoms with Gasteiger partial charge in [0.1, 0.15) is 0 Å². The van der Waals surface area contributed by atoms with E-state index < -0.39 is 32.6 Å². The smallest absolute Gasteiger partial charge is 0.261 e. The lowest BCUT2D eigenvalue weighted by atomic mass is 10.0. The number of rotatable bonds is 6. The summed E-state index contributed by atoms with van der Waals surface area (Å²) in [6.45, 7) is 10.6. The highest BCUT2D eigenvalue weighted by Crippen LogP contribution is 2.39. The van der Waals surface area contributed by atoms with Crippen molar-refractivity contribution in [3.05, 3.63) is 78.0 Å². The molecular formula is C30H38ClNO5Si. The van der Waals surface area contributed by atoms with Crippen molar-refractivity contribution in [3.63, 3.8) is 0 Å². The summed E-state index contributed by atoms with van der Waals surface area (Å²) in [5.41, 5.74) is 0.529. The molecular weight excluding hydrogens is 518 g/mol. The monoisotopic (exact) mass is 555 g/mol. The van der Waals surface area contributed by atoms with Crippen molar-refractivity contribution >= 4 is 36.0 Å². The SMILES string of the molecule is CC1(C)O[C@H]2O[C@H](CO[Si](c3ccccc3)(c3ccccc3)C(C)(C)C)/C(=[N+](\[O-])[C@H]3C=C[C@H](Cl)CC3)[C@H]2O1. The molecule has 5 rings (SSSR count). The van der Waals surface area contributed by atoms with Crippen molar-refractivity contribution < 1.29 is 23.4 Å². The number of hydrogen-bond donors (Lipinski definition) is 0. The van der Waals surface area contributed by atoms with Crippen molar-refractivity contribution in [2.45, 2.75) is 88.2 Å². The molecule has 0 saturated carbocycles. The topological polar surface area (TPSA) is 63.0 Å². The zero-order valence-electron chi connectivity index (χ0n) is 22.8. The highest BCUT2D eigenvalue weighted by atomic mass is 35.5. The van der Waals surface area contributed by atoms with E-state index in [1.165, 1.54) is 10.4 Å². The molecule has 5 atom stereocenters. The van der Waals surface area contributed by atoms with Crippen LogP contribution in [0.5, 0.6) is 0 Å². The predicted molar refractivity (Wildman–Crippen MR) is 153 cm³/mol. The minimum atomic E-state index is -2.82. The van der Waals surface area contributed by atoms with Crippen molar-refractivity contribution in [2.24, 2.45) is 0 Å². The van der Waals surface area contributed by atoms with E-state index in [0.29, 0.717) is 12.1 Å². The molecule has 8 heteroatoms. The zero-order chi connectivity index (χ0) is 27.1. The average molecular weight is 556 g/mol. The first-order valence-electron chi connectivity index (χ1n) is 13.4. The summed E-state index contributed by atoms with van der Waals surface area (Å²) < 4.78 is 26.8. The Bertz CT molecular complexity index is 1140. The summed E-state index contributed by atoms with van der Waals surface area (Å²) in [6.07, 6.45) is 3.38. The average Bonchev–Trinajstić information content (AvgIpc) is 3.36. The third kappa shape index (κ3) is 5.12. The van der Waals surface area contributed by atoms with Crippen LogP contribution in [0.25, 0.3) is 0 Å². The van der Waals surface area contributed by atoms with Gasteiger partial charge in [0.15, 0.2) is 30.3 Å². The van der Waals surface area contributed by atoms with E-state index in [4.69, 9.17) is 30.2 Å². The van der Waals surface area contributed by atoms with Gasteiger partial charge in [-0.05, 0) is 41.8 Å². The van der Waals surface area contributed by atoms with Crippen LogP contribution in [0.1, 0.15) is 47.5 Å². The van der Waals surface area contributed by atoms with Gasteiger partial charge in [-0.15, -0.1) is 11.6 Å². The molecule has 38 heavy (non-hydrogen) atoms. The fourth-order valence-corrected chi connectivity index (χ4v) is 10.7. The molecule has 0 amide bonds. The van der Waals surface area contributed by atoms with Crippen LogP contribution in [0.3, 0.4) is 0 Å². The van der Waals surface area contributed by atoms with Crippen LogP contribution in [-0.2, 0) is 18.6 Å². The highest BCUT2D eigenvalue weighted by Gasteiger charge is 2.58. The van der Waals surface area contributed by atoms with E-state index in [2.05, 4.69) is 69.3 Å². The van der Waals surface area contributed by atoms with Gasteiger partial charge in [-0.2, -0.15) is 0 Å². The van der Waals surface area contributed by atoms with E-state index in [1.807, 2.05) is 38.1 Å². The van der Waals surface area contributed by atoms with Crippen molar-refractivity contribution in [3.8, 4) is 0 Å². The number of fused-ring (bicyclic) bond motifs is 1. The molecule has 0 bridgehead atoms. The highest BCUT2D eigenvalue weighted by molar-refractivity contribution is 6.99. The Hall–Kier alpha value is -2.00. The number of hydrogen-bond acceptors (Lipinski definition) is 5. The second-order valence-corrected chi connectivity index (χ2v) is 16.7. The fraction of sp³-hybridized carbons (Fsp3) is 0.500. The molecule has 2 aliphatic heterocycles. The van der Waals surface area contributed by atoms with Gasteiger partial charge in [0, 0.05) is 6.42 Å². The first kappa shape index (κ1) is 27.6. The summed E-state index contributed by atoms with van der Waals surface area (Å²) in [7, 11) is -2.82. The summed E-state index contributed by atoms with van der Waals surface area (Å²) >= 11 is 6.26. The molecule has 2 aromatic rings. The summed E-state index contributed by atoms with van der Waals surface area (Å²) in [4.78, 5) is 0. The molecule has 1 aliphatic carbocycles. The molecule has 204 valence electrons. The van der Waals surface area contributed by atoms with Gasteiger partial charge in [0.05, 0.1) is 12.0 Å². The van der Waals surface area contributed by atoms with Crippen LogP contribution < -0.4 is 10.4 Å². The van der Waals surface area contributed by atoms with E-state index in [-0.39, 0.29) is 23.1 Å². The van der Waals surface area contributed by atoms with Crippen LogP contribution in [0, 0.1) is 5.21 Å². The maximum Gasteiger partial charge on any atom is 0.261 e. The largest absolute Gasteiger partial charge is 0.623 e. The van der Waals surface area contributed by atoms with Gasteiger partial charge in [-0.25, -0.2) is 4.74 Å². The third-order valence-electron chi connectivity index (χ3n) is 7.68. The number of benzene rings is 2. The van der Waals surface area contributed by atoms with Crippen LogP contribution in [0.4, 0.5) is 0 Å². The molecule has 3 aliphatic rings. The number of nitrogens with zero attached hydrogens (tertiary/aromatic N) is 1. The fourth-order valence-electron chi connectivity index (χ4n) is 5.96. The minimum absolute atomic E-state index is 0.0449. The molecule has 0 radical (unpaired) electrons. The normalized spacial score (nSPS) is 30.3. The lowest BCUT2D eigenvalue weighted by molar-refractivity contribution is -0.494. The van der Waals surface area contributed by atoms with E-state index in [9.17, 15) is 5.21 Å². The molecule has 2 heterocycles. The number of allylic oxidation sites excluding steroid dienone is 1. The molecule has 0 spiro atoms. The van der Waals surface area contributed by atoms with E-state index >= 15 is 0 Å². The maximum atomic E-state index is 13.9. The van der Waals surface area contributed by atoms with Crippen molar-refractivity contribution in [1.82, 2.24) is 0 Å². The van der Waals surface area contributed by atoms with Gasteiger partial charge in [-0.3, -0.25) is 0 Å². The number of hydroxylamine groups is 1. The van der Waals surface area contributed by atoms with Crippen LogP contribution in [-0.4, -0.2) is 61.1 Å². The van der Waals surface area contributed by atoms with E-state index in [0.717, 1.165) is 11.2 Å². The van der Waals surface area contributed by atoms with Crippen molar-refractivity contribution in [1.29, 1.82) is 0 Å². The van der Waals surface area contributed by atoms with Gasteiger partial charge >= 0.3 is 0 Å². The third-order valence-corrected chi connectivity index (χ3v) is 13.1. The van der Waals surface area contributed by atoms with Gasteiger partial charge < -0.3 is 23.8 Å². The molecule has 0 N–H and O–H groups in total. The summed E-state index contributed by atoms with van der Waals surface area (Å²) in [5.74, 6) is -0.838. The Morgan fingerprint density at radius 1 is 0.974 bits per heavy atom. The lowest BCUT2D eigenvalue weighted by Crippen LogP contribution is -2.67. The molecule has 0 unspecified atom stereocenters. The maximum absolute atomic E-state index is 13.9. The second kappa shape index (κ2) is 10.5. The molecule has 6 nitrogen and oxygen atoms in total. The summed E-state index contributed by atoms with van der Waals surface area (Å²) in [5, 5.41) is 16.0. The number of alkyl halides is 1. The van der Waals surface area contributed by atoms with Gasteiger partial charge in [0.2, 0.25) is 5.71 Å². The molecule has 2 fully saturated rings. The molecule has 2 aromatic carbocycles. The first-order chi connectivity index (χ1) is 18.0. The van der Waals surface area contributed by atoms with E-state index in [1.54, 1.807) is 0 Å². The second-order valence-electron chi connectivity index (χ2n) is 11.8. The minimum Gasteiger partial charge on any atom is -0.623 e. The van der Waals surface area contributed by atoms with Crippen molar-refractivity contribution in [2.75, 3.05) is 6.61 Å². The van der Waals surface area contributed by atoms with Gasteiger partial charge in [-0.1, -0.05) is 87.5 Å². The Balaban J connectivity index is 1.54. The molecule has 2 saturated heterocycles. The quantitative estimate of drug-likeness (QED) is 0.129. The number of ether oxygens (including phenoxy) is 3. The Morgan fingerprint density at radius 3 is 2.11 bits per heavy atom. The van der Waals surface area contributed by atoms with Crippen LogP contribution >= 0.6 is 11.6 Å². The Labute approximate surface area is 231 Å². The predicted octanol–water partition coefficient (Wildman–Crippen LogP) is 4.72.